The van der Waals surface area contributed by atoms with Crippen LogP contribution in [0.1, 0.15) is 39.5 Å². The summed E-state index contributed by atoms with van der Waals surface area (Å²) < 4.78 is 11.1. The summed E-state index contributed by atoms with van der Waals surface area (Å²) in [5.74, 6) is 0. The van der Waals surface area contributed by atoms with Crippen molar-refractivity contribution in [3.63, 3.8) is 0 Å². The van der Waals surface area contributed by atoms with Crippen molar-refractivity contribution in [2.45, 2.75) is 57.8 Å². The number of nitrogens with two attached hydrogens (primary N) is 1. The minimum absolute atomic E-state index is 0.125. The second-order valence-corrected chi connectivity index (χ2v) is 4.37. The van der Waals surface area contributed by atoms with Crippen LogP contribution in [0.4, 0.5) is 0 Å². The third-order valence-electron chi connectivity index (χ3n) is 2.48. The summed E-state index contributed by atoms with van der Waals surface area (Å²) >= 11 is 0. The molecule has 1 aliphatic heterocycles. The molecule has 2 N–H and O–H groups in total. The van der Waals surface area contributed by atoms with Gasteiger partial charge in [-0.05, 0) is 39.5 Å². The Morgan fingerprint density at radius 1 is 1.43 bits per heavy atom. The Balaban J connectivity index is 2.09. The van der Waals surface area contributed by atoms with Crippen LogP contribution in [0.25, 0.3) is 0 Å². The van der Waals surface area contributed by atoms with E-state index in [1.54, 1.807) is 0 Å². The molecule has 3 nitrogen and oxygen atoms in total. The highest BCUT2D eigenvalue weighted by molar-refractivity contribution is 4.71. The number of ether oxygens (including phenoxy) is 2. The summed E-state index contributed by atoms with van der Waals surface area (Å²) in [4.78, 5) is 0. The van der Waals surface area contributed by atoms with Gasteiger partial charge in [0.25, 0.3) is 0 Å². The lowest BCUT2D eigenvalue weighted by atomic mass is 10.0. The molecule has 1 rings (SSSR count). The average Bonchev–Trinajstić information content (AvgIpc) is 2.16. The van der Waals surface area contributed by atoms with E-state index in [9.17, 15) is 0 Å². The predicted molar refractivity (Wildman–Crippen MR) is 57.3 cm³/mol. The molecule has 1 heterocycles. The highest BCUT2D eigenvalue weighted by Crippen LogP contribution is 2.16. The van der Waals surface area contributed by atoms with Crippen molar-refractivity contribution in [1.82, 2.24) is 0 Å². The number of rotatable bonds is 5. The van der Waals surface area contributed by atoms with Gasteiger partial charge in [0.05, 0.1) is 18.8 Å². The van der Waals surface area contributed by atoms with Gasteiger partial charge in [0, 0.05) is 12.6 Å². The standard InChI is InChI=1S/C11H23NO2/c1-9(2)14-8-10(12)7-11-5-3-4-6-13-11/h9-11H,3-8,12H2,1-2H3. The molecule has 1 fully saturated rings. The molecular formula is C11H23NO2. The predicted octanol–water partition coefficient (Wildman–Crippen LogP) is 1.70. The molecule has 0 aromatic carbocycles. The molecule has 2 unspecified atom stereocenters. The van der Waals surface area contributed by atoms with Crippen LogP contribution in [0.2, 0.25) is 0 Å². The molecule has 0 bridgehead atoms. The monoisotopic (exact) mass is 201 g/mol. The SMILES string of the molecule is CC(C)OCC(N)CC1CCCCO1. The number of hydrogen-bond acceptors (Lipinski definition) is 3. The molecule has 0 saturated carbocycles. The fourth-order valence-corrected chi connectivity index (χ4v) is 1.72. The van der Waals surface area contributed by atoms with E-state index in [-0.39, 0.29) is 12.1 Å². The molecule has 84 valence electrons. The molecule has 1 aliphatic rings. The normalized spacial score (nSPS) is 25.3. The van der Waals surface area contributed by atoms with E-state index < -0.39 is 0 Å². The molecule has 1 saturated heterocycles. The third kappa shape index (κ3) is 4.94. The summed E-state index contributed by atoms with van der Waals surface area (Å²) in [5, 5.41) is 0. The first-order valence-electron chi connectivity index (χ1n) is 5.67. The van der Waals surface area contributed by atoms with Crippen LogP contribution in [0.3, 0.4) is 0 Å². The topological polar surface area (TPSA) is 44.5 Å². The summed E-state index contributed by atoms with van der Waals surface area (Å²) in [5.41, 5.74) is 5.95. The van der Waals surface area contributed by atoms with E-state index in [4.69, 9.17) is 15.2 Å². The van der Waals surface area contributed by atoms with E-state index in [1.807, 2.05) is 13.8 Å². The number of hydrogen-bond donors (Lipinski definition) is 1. The van der Waals surface area contributed by atoms with Crippen LogP contribution >= 0.6 is 0 Å². The van der Waals surface area contributed by atoms with Crippen molar-refractivity contribution < 1.29 is 9.47 Å². The molecule has 0 spiro atoms. The second-order valence-electron chi connectivity index (χ2n) is 4.37. The molecule has 3 heteroatoms. The first-order chi connectivity index (χ1) is 6.68. The maximum atomic E-state index is 5.95. The quantitative estimate of drug-likeness (QED) is 0.736. The summed E-state index contributed by atoms with van der Waals surface area (Å²) in [7, 11) is 0. The van der Waals surface area contributed by atoms with Crippen molar-refractivity contribution in [2.24, 2.45) is 5.73 Å². The van der Waals surface area contributed by atoms with Crippen LogP contribution in [0.5, 0.6) is 0 Å². The highest BCUT2D eigenvalue weighted by atomic mass is 16.5. The lowest BCUT2D eigenvalue weighted by molar-refractivity contribution is -0.00453. The summed E-state index contributed by atoms with van der Waals surface area (Å²) in [6.45, 7) is 5.62. The Kier molecular flexibility index (Phi) is 5.45. The van der Waals surface area contributed by atoms with E-state index in [2.05, 4.69) is 0 Å². The van der Waals surface area contributed by atoms with E-state index in [0.717, 1.165) is 19.4 Å². The average molecular weight is 201 g/mol. The van der Waals surface area contributed by atoms with Crippen molar-refractivity contribution in [2.75, 3.05) is 13.2 Å². The lowest BCUT2D eigenvalue weighted by Gasteiger charge is -2.25. The van der Waals surface area contributed by atoms with E-state index >= 15 is 0 Å². The maximum absolute atomic E-state index is 5.95. The Morgan fingerprint density at radius 2 is 2.21 bits per heavy atom. The zero-order chi connectivity index (χ0) is 10.4. The molecule has 0 aromatic heterocycles. The Morgan fingerprint density at radius 3 is 2.79 bits per heavy atom. The maximum Gasteiger partial charge on any atom is 0.0621 e. The largest absolute Gasteiger partial charge is 0.378 e. The minimum Gasteiger partial charge on any atom is -0.378 e. The molecule has 0 radical (unpaired) electrons. The van der Waals surface area contributed by atoms with Crippen LogP contribution in [-0.4, -0.2) is 31.5 Å². The van der Waals surface area contributed by atoms with E-state index in [0.29, 0.717) is 12.7 Å². The Labute approximate surface area is 86.9 Å². The van der Waals surface area contributed by atoms with Crippen LogP contribution in [0.15, 0.2) is 0 Å². The van der Waals surface area contributed by atoms with Gasteiger partial charge in [0.2, 0.25) is 0 Å². The summed E-state index contributed by atoms with van der Waals surface area (Å²) in [6, 6.07) is 0.125. The van der Waals surface area contributed by atoms with Gasteiger partial charge in [0.1, 0.15) is 0 Å². The summed E-state index contributed by atoms with van der Waals surface area (Å²) in [6.07, 6.45) is 5.22. The van der Waals surface area contributed by atoms with E-state index in [1.165, 1.54) is 12.8 Å². The van der Waals surface area contributed by atoms with Crippen LogP contribution in [0, 0.1) is 0 Å². The highest BCUT2D eigenvalue weighted by Gasteiger charge is 2.17. The van der Waals surface area contributed by atoms with Crippen molar-refractivity contribution in [3.05, 3.63) is 0 Å². The van der Waals surface area contributed by atoms with Gasteiger partial charge in [-0.2, -0.15) is 0 Å². The molecular weight excluding hydrogens is 178 g/mol. The van der Waals surface area contributed by atoms with Gasteiger partial charge in [-0.3, -0.25) is 0 Å². The van der Waals surface area contributed by atoms with Crippen LogP contribution in [-0.2, 0) is 9.47 Å². The van der Waals surface area contributed by atoms with Crippen molar-refractivity contribution in [3.8, 4) is 0 Å². The van der Waals surface area contributed by atoms with Gasteiger partial charge in [0.15, 0.2) is 0 Å². The third-order valence-corrected chi connectivity index (χ3v) is 2.48. The van der Waals surface area contributed by atoms with Gasteiger partial charge >= 0.3 is 0 Å². The molecule has 0 aromatic rings. The van der Waals surface area contributed by atoms with Crippen molar-refractivity contribution in [1.29, 1.82) is 0 Å². The fourth-order valence-electron chi connectivity index (χ4n) is 1.72. The fraction of sp³-hybridized carbons (Fsp3) is 1.00. The van der Waals surface area contributed by atoms with Gasteiger partial charge in [-0.15, -0.1) is 0 Å². The smallest absolute Gasteiger partial charge is 0.0621 e. The zero-order valence-electron chi connectivity index (χ0n) is 9.37. The van der Waals surface area contributed by atoms with Crippen LogP contribution < -0.4 is 5.73 Å². The lowest BCUT2D eigenvalue weighted by Crippen LogP contribution is -2.34. The van der Waals surface area contributed by atoms with Gasteiger partial charge in [-0.1, -0.05) is 0 Å². The van der Waals surface area contributed by atoms with Crippen molar-refractivity contribution >= 4 is 0 Å². The Bertz CT molecular complexity index is 144. The first kappa shape index (κ1) is 12.0. The zero-order valence-corrected chi connectivity index (χ0v) is 9.37. The molecule has 0 amide bonds. The second kappa shape index (κ2) is 6.38. The van der Waals surface area contributed by atoms with Gasteiger partial charge in [-0.25, -0.2) is 0 Å². The molecule has 2 atom stereocenters. The molecule has 14 heavy (non-hydrogen) atoms. The molecule has 0 aliphatic carbocycles. The minimum atomic E-state index is 0.125. The Hall–Kier alpha value is -0.120. The van der Waals surface area contributed by atoms with Gasteiger partial charge < -0.3 is 15.2 Å². The first-order valence-corrected chi connectivity index (χ1v) is 5.67.